The molecule has 0 amide bonds. The van der Waals surface area contributed by atoms with E-state index in [0.717, 1.165) is 39.6 Å². The first kappa shape index (κ1) is 19.1. The zero-order valence-electron chi connectivity index (χ0n) is 17.6. The number of benzene rings is 3. The van der Waals surface area contributed by atoms with Crippen molar-refractivity contribution in [2.24, 2.45) is 0 Å². The van der Waals surface area contributed by atoms with E-state index in [1.807, 2.05) is 48.5 Å². The average Bonchev–Trinajstić information content (AvgIpc) is 3.21. The summed E-state index contributed by atoms with van der Waals surface area (Å²) in [7, 11) is 4.99. The van der Waals surface area contributed by atoms with Crippen molar-refractivity contribution < 1.29 is 14.2 Å². The second-order valence-electron chi connectivity index (χ2n) is 7.26. The number of anilines is 1. The van der Waals surface area contributed by atoms with E-state index >= 15 is 0 Å². The molecule has 0 radical (unpaired) electrons. The molecule has 1 aliphatic heterocycles. The van der Waals surface area contributed by atoms with E-state index in [9.17, 15) is 0 Å². The van der Waals surface area contributed by atoms with Gasteiger partial charge in [0.15, 0.2) is 11.5 Å². The van der Waals surface area contributed by atoms with Crippen LogP contribution in [0.25, 0.3) is 16.7 Å². The summed E-state index contributed by atoms with van der Waals surface area (Å²) >= 11 is 0. The highest BCUT2D eigenvalue weighted by molar-refractivity contribution is 5.86. The van der Waals surface area contributed by atoms with E-state index in [-0.39, 0.29) is 6.04 Å². The lowest BCUT2D eigenvalue weighted by atomic mass is 9.99. The summed E-state index contributed by atoms with van der Waals surface area (Å²) in [5.41, 5.74) is 4.94. The van der Waals surface area contributed by atoms with Crippen LogP contribution in [0.5, 0.6) is 17.2 Å². The first-order valence-corrected chi connectivity index (χ1v) is 10.0. The van der Waals surface area contributed by atoms with Gasteiger partial charge in [0.05, 0.1) is 38.4 Å². The molecule has 1 unspecified atom stereocenters. The Labute approximate surface area is 180 Å². The molecule has 3 aromatic carbocycles. The van der Waals surface area contributed by atoms with Crippen LogP contribution in [0.1, 0.15) is 17.2 Å². The maximum atomic E-state index is 5.77. The standard InChI is InChI=1S/C25H23N3O3/c1-29-17-9-6-8-16(14-17)20-15-22(18-10-7-13-23(30-2)24(18)31-3)28-21-12-5-4-11-19(21)26-25(28)27-20/h4-15,22H,1-3H3,(H,26,27). The van der Waals surface area contributed by atoms with Gasteiger partial charge in [-0.05, 0) is 36.4 Å². The van der Waals surface area contributed by atoms with Crippen LogP contribution in [0.4, 0.5) is 5.95 Å². The Hall–Kier alpha value is -3.93. The van der Waals surface area contributed by atoms with Crippen molar-refractivity contribution in [2.75, 3.05) is 26.6 Å². The summed E-state index contributed by atoms with van der Waals surface area (Å²) in [6.45, 7) is 0. The van der Waals surface area contributed by atoms with Gasteiger partial charge in [0, 0.05) is 16.8 Å². The van der Waals surface area contributed by atoms with Crippen molar-refractivity contribution in [3.05, 3.63) is 83.9 Å². The highest BCUT2D eigenvalue weighted by Crippen LogP contribution is 2.43. The molecule has 1 aliphatic rings. The quantitative estimate of drug-likeness (QED) is 0.492. The minimum atomic E-state index is -0.144. The topological polar surface area (TPSA) is 57.5 Å². The van der Waals surface area contributed by atoms with Gasteiger partial charge in [0.25, 0.3) is 0 Å². The smallest absolute Gasteiger partial charge is 0.209 e. The molecule has 0 saturated carbocycles. The van der Waals surface area contributed by atoms with Crippen molar-refractivity contribution in [3.63, 3.8) is 0 Å². The molecule has 6 heteroatoms. The van der Waals surface area contributed by atoms with Gasteiger partial charge >= 0.3 is 0 Å². The molecule has 0 fully saturated rings. The molecule has 2 heterocycles. The predicted molar refractivity (Wildman–Crippen MR) is 122 cm³/mol. The van der Waals surface area contributed by atoms with E-state index in [4.69, 9.17) is 19.2 Å². The summed E-state index contributed by atoms with van der Waals surface area (Å²) in [6, 6.07) is 21.9. The second kappa shape index (κ2) is 7.72. The first-order valence-electron chi connectivity index (χ1n) is 10.0. The molecule has 4 aromatic rings. The third kappa shape index (κ3) is 3.17. The number of nitrogens with zero attached hydrogens (tertiary/aromatic N) is 2. The maximum Gasteiger partial charge on any atom is 0.209 e. The van der Waals surface area contributed by atoms with Crippen LogP contribution < -0.4 is 19.5 Å². The number of fused-ring (bicyclic) bond motifs is 3. The number of aromatic nitrogens is 2. The Balaban J connectivity index is 1.75. The summed E-state index contributed by atoms with van der Waals surface area (Å²) in [4.78, 5) is 4.85. The monoisotopic (exact) mass is 413 g/mol. The minimum Gasteiger partial charge on any atom is -0.497 e. The molecule has 31 heavy (non-hydrogen) atoms. The van der Waals surface area contributed by atoms with Crippen molar-refractivity contribution in [3.8, 4) is 17.2 Å². The number of imidazole rings is 1. The van der Waals surface area contributed by atoms with Crippen LogP contribution in [0.3, 0.4) is 0 Å². The third-order valence-electron chi connectivity index (χ3n) is 5.58. The lowest BCUT2D eigenvalue weighted by Crippen LogP contribution is -2.19. The zero-order chi connectivity index (χ0) is 21.4. The number of rotatable bonds is 5. The van der Waals surface area contributed by atoms with Crippen molar-refractivity contribution in [1.82, 2.24) is 9.55 Å². The number of hydrogen-bond donors (Lipinski definition) is 1. The predicted octanol–water partition coefficient (Wildman–Crippen LogP) is 5.12. The molecule has 1 N–H and O–H groups in total. The highest BCUT2D eigenvalue weighted by atomic mass is 16.5. The van der Waals surface area contributed by atoms with Crippen LogP contribution in [-0.2, 0) is 0 Å². The van der Waals surface area contributed by atoms with Crippen molar-refractivity contribution >= 4 is 22.7 Å². The molecular weight excluding hydrogens is 390 g/mol. The van der Waals surface area contributed by atoms with Crippen molar-refractivity contribution in [1.29, 1.82) is 0 Å². The summed E-state index contributed by atoms with van der Waals surface area (Å²) in [5, 5.41) is 3.51. The van der Waals surface area contributed by atoms with Gasteiger partial charge in [0.2, 0.25) is 5.95 Å². The zero-order valence-corrected chi connectivity index (χ0v) is 17.6. The number of para-hydroxylation sites is 3. The van der Waals surface area contributed by atoms with Gasteiger partial charge in [0.1, 0.15) is 5.75 Å². The number of methoxy groups -OCH3 is 3. The van der Waals surface area contributed by atoms with Gasteiger partial charge in [-0.1, -0.05) is 36.4 Å². The number of ether oxygens (including phenoxy) is 3. The Morgan fingerprint density at radius 2 is 1.71 bits per heavy atom. The Morgan fingerprint density at radius 3 is 2.52 bits per heavy atom. The molecular formula is C25H23N3O3. The van der Waals surface area contributed by atoms with Gasteiger partial charge in [-0.3, -0.25) is 4.57 Å². The fraction of sp³-hybridized carbons (Fsp3) is 0.160. The highest BCUT2D eigenvalue weighted by Gasteiger charge is 2.28. The van der Waals surface area contributed by atoms with Gasteiger partial charge in [-0.15, -0.1) is 0 Å². The van der Waals surface area contributed by atoms with Crippen LogP contribution in [0.2, 0.25) is 0 Å². The normalized spacial score (nSPS) is 15.1. The largest absolute Gasteiger partial charge is 0.497 e. The molecule has 1 aromatic heterocycles. The molecule has 0 spiro atoms. The van der Waals surface area contributed by atoms with E-state index < -0.39 is 0 Å². The van der Waals surface area contributed by atoms with E-state index in [1.165, 1.54) is 0 Å². The second-order valence-corrected chi connectivity index (χ2v) is 7.26. The maximum absolute atomic E-state index is 5.77. The van der Waals surface area contributed by atoms with Gasteiger partial charge in [-0.2, -0.15) is 0 Å². The first-order chi connectivity index (χ1) is 15.2. The Bertz CT molecular complexity index is 1290. The van der Waals surface area contributed by atoms with Gasteiger partial charge < -0.3 is 19.5 Å². The summed E-state index contributed by atoms with van der Waals surface area (Å²) in [5.74, 6) is 2.98. The minimum absolute atomic E-state index is 0.144. The van der Waals surface area contributed by atoms with Gasteiger partial charge in [-0.25, -0.2) is 4.98 Å². The van der Waals surface area contributed by atoms with E-state index in [0.29, 0.717) is 11.5 Å². The molecule has 0 saturated heterocycles. The molecule has 6 nitrogen and oxygen atoms in total. The molecule has 0 aliphatic carbocycles. The number of hydrogen-bond acceptors (Lipinski definition) is 5. The van der Waals surface area contributed by atoms with Crippen LogP contribution >= 0.6 is 0 Å². The lowest BCUT2D eigenvalue weighted by Gasteiger charge is -2.28. The van der Waals surface area contributed by atoms with E-state index in [1.54, 1.807) is 21.3 Å². The third-order valence-corrected chi connectivity index (χ3v) is 5.58. The molecule has 1 atom stereocenters. The average molecular weight is 413 g/mol. The lowest BCUT2D eigenvalue weighted by molar-refractivity contribution is 0.350. The fourth-order valence-corrected chi connectivity index (χ4v) is 4.14. The van der Waals surface area contributed by atoms with Crippen molar-refractivity contribution in [2.45, 2.75) is 6.04 Å². The molecule has 5 rings (SSSR count). The van der Waals surface area contributed by atoms with Crippen LogP contribution in [0.15, 0.2) is 72.8 Å². The van der Waals surface area contributed by atoms with E-state index in [2.05, 4.69) is 34.2 Å². The molecule has 0 bridgehead atoms. The van der Waals surface area contributed by atoms with Crippen LogP contribution in [-0.4, -0.2) is 30.9 Å². The molecule has 156 valence electrons. The Kier molecular flexibility index (Phi) is 4.75. The number of allylic oxidation sites excluding steroid dienone is 1. The SMILES string of the molecule is COc1cccc(C2=CC(c3cccc(OC)c3OC)n3c(nc4ccccc43)N2)c1. The summed E-state index contributed by atoms with van der Waals surface area (Å²) in [6.07, 6.45) is 2.19. The Morgan fingerprint density at radius 1 is 0.871 bits per heavy atom. The fourth-order valence-electron chi connectivity index (χ4n) is 4.14. The summed E-state index contributed by atoms with van der Waals surface area (Å²) < 4.78 is 19.0. The van der Waals surface area contributed by atoms with Crippen LogP contribution in [0, 0.1) is 0 Å². The number of nitrogens with one attached hydrogen (secondary N) is 1.